The van der Waals surface area contributed by atoms with Crippen molar-refractivity contribution in [3.63, 3.8) is 0 Å². The van der Waals surface area contributed by atoms with Gasteiger partial charge in [0.1, 0.15) is 17.0 Å². The Morgan fingerprint density at radius 3 is 2.61 bits per heavy atom. The van der Waals surface area contributed by atoms with E-state index in [-0.39, 0.29) is 23.0 Å². The smallest absolute Gasteiger partial charge is 0.459 e. The maximum Gasteiger partial charge on any atom is 0.547 e. The molecule has 0 aliphatic carbocycles. The van der Waals surface area contributed by atoms with Gasteiger partial charge >= 0.3 is 12.1 Å². The number of carboxylic acid groups (broad SMARTS) is 1. The van der Waals surface area contributed by atoms with Crippen molar-refractivity contribution >= 4 is 40.1 Å². The predicted molar refractivity (Wildman–Crippen MR) is 103 cm³/mol. The molecule has 9 nitrogen and oxygen atoms in total. The number of amidine groups is 1. The van der Waals surface area contributed by atoms with Crippen LogP contribution in [0.1, 0.15) is 53.5 Å². The van der Waals surface area contributed by atoms with Gasteiger partial charge in [0.2, 0.25) is 10.8 Å². The number of furan rings is 1. The zero-order valence-electron chi connectivity index (χ0n) is 15.8. The molecule has 2 aromatic rings. The molecule has 2 N–H and O–H groups in total. The molecule has 0 radical (unpaired) electrons. The Morgan fingerprint density at radius 2 is 2.07 bits per heavy atom. The first-order valence-corrected chi connectivity index (χ1v) is 9.34. The Labute approximate surface area is 164 Å². The lowest BCUT2D eigenvalue weighted by Crippen LogP contribution is -2.47. The largest absolute Gasteiger partial charge is 0.547 e. The van der Waals surface area contributed by atoms with Crippen molar-refractivity contribution in [2.24, 2.45) is 5.10 Å². The summed E-state index contributed by atoms with van der Waals surface area (Å²) in [6.07, 6.45) is 0.134. The number of esters is 1. The maximum absolute atomic E-state index is 12.4. The number of rotatable bonds is 3. The normalized spacial score (nSPS) is 18.4. The average Bonchev–Trinajstić information content (AvgIpc) is 3.30. The highest BCUT2D eigenvalue weighted by molar-refractivity contribution is 7.18. The maximum atomic E-state index is 12.4. The second-order valence-corrected chi connectivity index (χ2v) is 8.11. The molecule has 1 unspecified atom stereocenters. The van der Waals surface area contributed by atoms with E-state index in [1.54, 1.807) is 33.8 Å². The Kier molecular flexibility index (Phi) is 4.86. The highest BCUT2D eigenvalue weighted by atomic mass is 32.1. The van der Waals surface area contributed by atoms with Gasteiger partial charge < -0.3 is 14.3 Å². The zero-order chi connectivity index (χ0) is 20.7. The molecule has 1 atom stereocenters. The summed E-state index contributed by atoms with van der Waals surface area (Å²) >= 11 is 0.986. The van der Waals surface area contributed by atoms with E-state index in [1.165, 1.54) is 18.4 Å². The minimum absolute atomic E-state index is 0.0590. The third-order valence-electron chi connectivity index (χ3n) is 3.93. The molecule has 0 bridgehead atoms. The highest BCUT2D eigenvalue weighted by Gasteiger charge is 2.50. The molecule has 3 heterocycles. The molecule has 0 fully saturated rings. The Bertz CT molecular complexity index is 970. The van der Waals surface area contributed by atoms with Crippen LogP contribution in [0.25, 0.3) is 0 Å². The number of hydrogen-bond donors (Lipinski definition) is 2. The van der Waals surface area contributed by atoms with E-state index in [2.05, 4.69) is 10.4 Å². The number of quaternary nitrogens is 1. The number of carbonyl (C=O) groups is 3. The minimum atomic E-state index is -1.22. The van der Waals surface area contributed by atoms with Crippen molar-refractivity contribution in [2.75, 3.05) is 6.54 Å². The van der Waals surface area contributed by atoms with Crippen LogP contribution in [0.2, 0.25) is 0 Å². The molecular formula is C18H20N3O6S+. The van der Waals surface area contributed by atoms with Gasteiger partial charge in [-0.2, -0.15) is 4.79 Å². The zero-order valence-corrected chi connectivity index (χ0v) is 16.6. The van der Waals surface area contributed by atoms with E-state index >= 15 is 0 Å². The third-order valence-corrected chi connectivity index (χ3v) is 5.15. The van der Waals surface area contributed by atoms with E-state index in [9.17, 15) is 19.5 Å². The standard InChI is InChI=1S/C18H19N3O6S/c1-5-21(17(24)25)15-10(9-12(28-15)16(23)27-18(2,3)4)13(20-21)19-14(22)11-7-6-8-26-11/h6-9H,5H2,1-4H3,(H-,19,20,22,24,25)/p+1. The van der Waals surface area contributed by atoms with Crippen LogP contribution in [0, 0.1) is 0 Å². The number of hydrogen-bond acceptors (Lipinski definition) is 7. The van der Waals surface area contributed by atoms with Crippen molar-refractivity contribution in [3.8, 4) is 0 Å². The van der Waals surface area contributed by atoms with Crippen LogP contribution in [0.4, 0.5) is 9.80 Å². The van der Waals surface area contributed by atoms with Crippen LogP contribution < -0.4 is 9.91 Å². The quantitative estimate of drug-likeness (QED) is 0.596. The molecule has 2 aromatic heterocycles. The van der Waals surface area contributed by atoms with Gasteiger partial charge in [-0.3, -0.25) is 10.1 Å². The molecule has 0 aromatic carbocycles. The lowest BCUT2D eigenvalue weighted by atomic mass is 10.2. The van der Waals surface area contributed by atoms with Crippen LogP contribution in [0.5, 0.6) is 0 Å². The van der Waals surface area contributed by atoms with Gasteiger partial charge in [-0.05, 0) is 51.0 Å². The van der Waals surface area contributed by atoms with E-state index in [4.69, 9.17) is 9.15 Å². The average molecular weight is 406 g/mol. The van der Waals surface area contributed by atoms with Gasteiger partial charge in [-0.1, -0.05) is 15.9 Å². The van der Waals surface area contributed by atoms with E-state index in [0.29, 0.717) is 10.6 Å². The minimum Gasteiger partial charge on any atom is -0.459 e. The van der Waals surface area contributed by atoms with Crippen LogP contribution in [0.3, 0.4) is 0 Å². The van der Waals surface area contributed by atoms with Crippen molar-refractivity contribution in [2.45, 2.75) is 33.3 Å². The van der Waals surface area contributed by atoms with Gasteiger partial charge in [0.15, 0.2) is 5.76 Å². The number of nitrogens with zero attached hydrogens (tertiary/aromatic N) is 2. The van der Waals surface area contributed by atoms with Gasteiger partial charge in [-0.25, -0.2) is 4.79 Å². The van der Waals surface area contributed by atoms with Gasteiger partial charge in [-0.15, -0.1) is 0 Å². The monoisotopic (exact) mass is 406 g/mol. The van der Waals surface area contributed by atoms with Crippen LogP contribution in [-0.4, -0.2) is 41.1 Å². The number of amides is 2. The molecule has 2 amide bonds. The first-order chi connectivity index (χ1) is 13.1. The van der Waals surface area contributed by atoms with Crippen LogP contribution in [0.15, 0.2) is 34.0 Å². The third kappa shape index (κ3) is 3.43. The lowest BCUT2D eigenvalue weighted by Gasteiger charge is -2.20. The summed E-state index contributed by atoms with van der Waals surface area (Å²) in [5, 5.41) is 16.9. The second-order valence-electron chi connectivity index (χ2n) is 7.08. The Morgan fingerprint density at radius 1 is 1.36 bits per heavy atom. The molecule has 148 valence electrons. The number of ether oxygens (including phenoxy) is 1. The van der Waals surface area contributed by atoms with Gasteiger partial charge in [0, 0.05) is 0 Å². The number of carbonyl (C=O) groups excluding carboxylic acids is 2. The molecular weight excluding hydrogens is 386 g/mol. The molecule has 1 aliphatic rings. The van der Waals surface area contributed by atoms with Gasteiger partial charge in [0.25, 0.3) is 5.91 Å². The SMILES string of the molecule is CC[N+]1(C(=O)O)N=C(NC(=O)c2ccco2)c2cc(C(=O)OC(C)(C)C)sc21. The summed E-state index contributed by atoms with van der Waals surface area (Å²) < 4.78 is 9.66. The summed E-state index contributed by atoms with van der Waals surface area (Å²) in [6.45, 7) is 6.98. The van der Waals surface area contributed by atoms with Crippen molar-refractivity contribution in [3.05, 3.63) is 40.7 Å². The topological polar surface area (TPSA) is 118 Å². The number of fused-ring (bicyclic) bond motifs is 1. The molecule has 28 heavy (non-hydrogen) atoms. The van der Waals surface area contributed by atoms with Crippen molar-refractivity contribution < 1.29 is 28.6 Å². The number of nitrogens with one attached hydrogen (secondary N) is 1. The highest BCUT2D eigenvalue weighted by Crippen LogP contribution is 2.42. The number of thiophene rings is 1. The van der Waals surface area contributed by atoms with Gasteiger partial charge in [0.05, 0.1) is 11.8 Å². The van der Waals surface area contributed by atoms with E-state index < -0.39 is 28.2 Å². The Balaban J connectivity index is 2.01. The van der Waals surface area contributed by atoms with E-state index in [1.807, 2.05) is 0 Å². The summed E-state index contributed by atoms with van der Waals surface area (Å²) in [4.78, 5) is 37.0. The molecule has 0 saturated heterocycles. The molecule has 0 saturated carbocycles. The molecule has 0 spiro atoms. The molecule has 10 heteroatoms. The fourth-order valence-electron chi connectivity index (χ4n) is 2.67. The lowest BCUT2D eigenvalue weighted by molar-refractivity contribution is 0.00750. The summed E-state index contributed by atoms with van der Waals surface area (Å²) in [5.41, 5.74) is -0.325. The summed E-state index contributed by atoms with van der Waals surface area (Å²) in [6, 6.07) is 4.53. The van der Waals surface area contributed by atoms with Crippen molar-refractivity contribution in [1.82, 2.24) is 9.91 Å². The van der Waals surface area contributed by atoms with E-state index in [0.717, 1.165) is 11.3 Å². The first kappa shape index (κ1) is 19.8. The molecule has 3 rings (SSSR count). The van der Waals surface area contributed by atoms with Crippen molar-refractivity contribution in [1.29, 1.82) is 0 Å². The first-order valence-electron chi connectivity index (χ1n) is 8.52. The van der Waals surface area contributed by atoms with Crippen LogP contribution >= 0.6 is 11.3 Å². The second kappa shape index (κ2) is 6.88. The fourth-order valence-corrected chi connectivity index (χ4v) is 3.85. The predicted octanol–water partition coefficient (Wildman–Crippen LogP) is 3.41. The summed E-state index contributed by atoms with van der Waals surface area (Å²) in [7, 11) is 0. The molecule has 1 aliphatic heterocycles. The fraction of sp³-hybridized carbons (Fsp3) is 0.333. The Hall–Kier alpha value is -2.98. The van der Waals surface area contributed by atoms with Crippen LogP contribution in [-0.2, 0) is 4.74 Å². The summed E-state index contributed by atoms with van der Waals surface area (Å²) in [5.74, 6) is -1.01.